The molecule has 8 heteroatoms. The van der Waals surface area contributed by atoms with E-state index in [1.54, 1.807) is 0 Å². The SMILES string of the molecule is C[C@@H](OC(=O)c1ccc(F)cc1)C(=O)Nc1ccccc1C(F)(F)F. The summed E-state index contributed by atoms with van der Waals surface area (Å²) in [6.45, 7) is 1.22. The van der Waals surface area contributed by atoms with Crippen LogP contribution >= 0.6 is 0 Å². The summed E-state index contributed by atoms with van der Waals surface area (Å²) in [5.74, 6) is -2.37. The normalized spacial score (nSPS) is 12.4. The minimum Gasteiger partial charge on any atom is -0.449 e. The second-order valence-electron chi connectivity index (χ2n) is 5.09. The quantitative estimate of drug-likeness (QED) is 0.666. The second-order valence-corrected chi connectivity index (χ2v) is 5.09. The van der Waals surface area contributed by atoms with Crippen LogP contribution in [0.3, 0.4) is 0 Å². The third-order valence-electron chi connectivity index (χ3n) is 3.22. The van der Waals surface area contributed by atoms with Gasteiger partial charge in [0.25, 0.3) is 5.91 Å². The monoisotopic (exact) mass is 355 g/mol. The van der Waals surface area contributed by atoms with Crippen LogP contribution in [0.15, 0.2) is 48.5 Å². The molecule has 0 aliphatic rings. The second kappa shape index (κ2) is 7.33. The van der Waals surface area contributed by atoms with Crippen LogP contribution in [0, 0.1) is 5.82 Å². The molecule has 0 aliphatic heterocycles. The van der Waals surface area contributed by atoms with Crippen molar-refractivity contribution in [2.75, 3.05) is 5.32 Å². The molecule has 1 N–H and O–H groups in total. The maximum absolute atomic E-state index is 12.9. The van der Waals surface area contributed by atoms with Gasteiger partial charge in [-0.1, -0.05) is 12.1 Å². The molecule has 132 valence electrons. The number of ether oxygens (including phenoxy) is 1. The predicted octanol–water partition coefficient (Wildman–Crippen LogP) is 4.03. The lowest BCUT2D eigenvalue weighted by Crippen LogP contribution is -2.30. The summed E-state index contributed by atoms with van der Waals surface area (Å²) in [6.07, 6.45) is -5.99. The number of carbonyl (C=O) groups excluding carboxylic acids is 2. The third-order valence-corrected chi connectivity index (χ3v) is 3.22. The summed E-state index contributed by atoms with van der Waals surface area (Å²) in [4.78, 5) is 23.8. The van der Waals surface area contributed by atoms with E-state index in [1.165, 1.54) is 31.2 Å². The molecule has 0 radical (unpaired) electrons. The van der Waals surface area contributed by atoms with Crippen molar-refractivity contribution >= 4 is 17.6 Å². The van der Waals surface area contributed by atoms with Gasteiger partial charge in [0.05, 0.1) is 16.8 Å². The van der Waals surface area contributed by atoms with Gasteiger partial charge in [-0.15, -0.1) is 0 Å². The van der Waals surface area contributed by atoms with Crippen LogP contribution in [0.2, 0.25) is 0 Å². The van der Waals surface area contributed by atoms with Crippen molar-refractivity contribution in [1.82, 2.24) is 0 Å². The Bertz CT molecular complexity index is 772. The van der Waals surface area contributed by atoms with Gasteiger partial charge in [-0.05, 0) is 43.3 Å². The minimum atomic E-state index is -4.64. The lowest BCUT2D eigenvalue weighted by molar-refractivity contribution is -0.137. The molecule has 2 rings (SSSR count). The van der Waals surface area contributed by atoms with E-state index in [0.29, 0.717) is 0 Å². The van der Waals surface area contributed by atoms with Gasteiger partial charge in [0.15, 0.2) is 6.10 Å². The van der Waals surface area contributed by atoms with Crippen LogP contribution in [-0.2, 0) is 15.7 Å². The van der Waals surface area contributed by atoms with Gasteiger partial charge < -0.3 is 10.1 Å². The minimum absolute atomic E-state index is 0.0109. The number of anilines is 1. The molecule has 0 aliphatic carbocycles. The van der Waals surface area contributed by atoms with E-state index in [-0.39, 0.29) is 5.56 Å². The van der Waals surface area contributed by atoms with Crippen molar-refractivity contribution in [3.05, 3.63) is 65.5 Å². The van der Waals surface area contributed by atoms with Crippen molar-refractivity contribution in [1.29, 1.82) is 0 Å². The van der Waals surface area contributed by atoms with Gasteiger partial charge in [-0.25, -0.2) is 9.18 Å². The van der Waals surface area contributed by atoms with Crippen molar-refractivity contribution in [2.45, 2.75) is 19.2 Å². The lowest BCUT2D eigenvalue weighted by Gasteiger charge is -2.16. The highest BCUT2D eigenvalue weighted by Gasteiger charge is 2.34. The number of halogens is 4. The van der Waals surface area contributed by atoms with E-state index in [2.05, 4.69) is 5.32 Å². The molecule has 0 saturated heterocycles. The maximum Gasteiger partial charge on any atom is 0.418 e. The molecule has 25 heavy (non-hydrogen) atoms. The number of rotatable bonds is 4. The number of hydrogen-bond donors (Lipinski definition) is 1. The van der Waals surface area contributed by atoms with Gasteiger partial charge in [0, 0.05) is 0 Å². The van der Waals surface area contributed by atoms with Crippen LogP contribution in [0.1, 0.15) is 22.8 Å². The molecule has 4 nitrogen and oxygen atoms in total. The largest absolute Gasteiger partial charge is 0.449 e. The molecule has 1 atom stereocenters. The summed E-state index contributed by atoms with van der Waals surface area (Å²) in [5.41, 5.74) is -1.44. The summed E-state index contributed by atoms with van der Waals surface area (Å²) >= 11 is 0. The zero-order chi connectivity index (χ0) is 18.6. The average Bonchev–Trinajstić information content (AvgIpc) is 2.54. The number of benzene rings is 2. The molecule has 0 unspecified atom stereocenters. The van der Waals surface area contributed by atoms with Crippen LogP contribution in [0.25, 0.3) is 0 Å². The van der Waals surface area contributed by atoms with E-state index in [9.17, 15) is 27.2 Å². The fourth-order valence-corrected chi connectivity index (χ4v) is 1.94. The van der Waals surface area contributed by atoms with Crippen LogP contribution in [0.4, 0.5) is 23.2 Å². The molecular weight excluding hydrogens is 342 g/mol. The molecule has 0 bridgehead atoms. The topological polar surface area (TPSA) is 55.4 Å². The van der Waals surface area contributed by atoms with Crippen LogP contribution in [0.5, 0.6) is 0 Å². The Kier molecular flexibility index (Phi) is 5.41. The summed E-state index contributed by atoms with van der Waals surface area (Å²) in [5, 5.41) is 2.09. The highest BCUT2D eigenvalue weighted by molar-refractivity contribution is 5.97. The predicted molar refractivity (Wildman–Crippen MR) is 81.4 cm³/mol. The number of alkyl halides is 3. The number of carbonyl (C=O) groups is 2. The van der Waals surface area contributed by atoms with Gasteiger partial charge in [0.1, 0.15) is 5.82 Å². The van der Waals surface area contributed by atoms with Crippen molar-refractivity contribution in [2.24, 2.45) is 0 Å². The maximum atomic E-state index is 12.9. The van der Waals surface area contributed by atoms with Gasteiger partial charge in [0.2, 0.25) is 0 Å². The average molecular weight is 355 g/mol. The van der Waals surface area contributed by atoms with E-state index >= 15 is 0 Å². The zero-order valence-electron chi connectivity index (χ0n) is 12.9. The Hall–Kier alpha value is -2.90. The number of esters is 1. The fraction of sp³-hybridized carbons (Fsp3) is 0.176. The Balaban J connectivity index is 2.06. The first kappa shape index (κ1) is 18.4. The summed E-state index contributed by atoms with van der Waals surface area (Å²) in [6, 6.07) is 8.86. The zero-order valence-corrected chi connectivity index (χ0v) is 12.9. The summed E-state index contributed by atoms with van der Waals surface area (Å²) < 4.78 is 56.4. The standard InChI is InChI=1S/C17H13F4NO3/c1-10(25-16(24)11-6-8-12(18)9-7-11)15(23)22-14-5-3-2-4-13(14)17(19,20)21/h2-10H,1H3,(H,22,23)/t10-/m1/s1. The Morgan fingerprint density at radius 3 is 2.24 bits per heavy atom. The van der Waals surface area contributed by atoms with Crippen LogP contribution < -0.4 is 5.32 Å². The molecule has 2 aromatic rings. The van der Waals surface area contributed by atoms with Gasteiger partial charge in [-0.2, -0.15) is 13.2 Å². The van der Waals surface area contributed by atoms with E-state index in [0.717, 1.165) is 24.3 Å². The van der Waals surface area contributed by atoms with Crippen molar-refractivity contribution in [3.8, 4) is 0 Å². The molecule has 0 heterocycles. The summed E-state index contributed by atoms with van der Waals surface area (Å²) in [7, 11) is 0. The Morgan fingerprint density at radius 2 is 1.64 bits per heavy atom. The van der Waals surface area contributed by atoms with Crippen molar-refractivity contribution < 1.29 is 31.9 Å². The van der Waals surface area contributed by atoms with Crippen LogP contribution in [-0.4, -0.2) is 18.0 Å². The van der Waals surface area contributed by atoms with E-state index in [4.69, 9.17) is 4.74 Å². The molecule has 0 spiro atoms. The first-order valence-electron chi connectivity index (χ1n) is 7.12. The molecule has 0 fully saturated rings. The molecule has 0 aromatic heterocycles. The number of nitrogens with one attached hydrogen (secondary N) is 1. The smallest absolute Gasteiger partial charge is 0.418 e. The number of amides is 1. The van der Waals surface area contributed by atoms with E-state index < -0.39 is 41.2 Å². The molecule has 0 saturated carbocycles. The molecule has 2 aromatic carbocycles. The highest BCUT2D eigenvalue weighted by atomic mass is 19.4. The fourth-order valence-electron chi connectivity index (χ4n) is 1.94. The molecular formula is C17H13F4NO3. The van der Waals surface area contributed by atoms with E-state index in [1.807, 2.05) is 0 Å². The first-order chi connectivity index (χ1) is 11.7. The molecule has 1 amide bonds. The highest BCUT2D eigenvalue weighted by Crippen LogP contribution is 2.34. The Labute approximate surface area is 140 Å². The van der Waals surface area contributed by atoms with Gasteiger partial charge in [-0.3, -0.25) is 4.79 Å². The first-order valence-corrected chi connectivity index (χ1v) is 7.12. The number of hydrogen-bond acceptors (Lipinski definition) is 3. The van der Waals surface area contributed by atoms with Crippen molar-refractivity contribution in [3.63, 3.8) is 0 Å². The Morgan fingerprint density at radius 1 is 1.04 bits per heavy atom. The lowest BCUT2D eigenvalue weighted by atomic mass is 10.1. The third kappa shape index (κ3) is 4.79. The van der Waals surface area contributed by atoms with Gasteiger partial charge >= 0.3 is 12.1 Å². The number of para-hydroxylation sites is 1.